The van der Waals surface area contributed by atoms with Crippen molar-refractivity contribution < 1.29 is 18.3 Å². The third-order valence-corrected chi connectivity index (χ3v) is 5.26. The first-order valence-corrected chi connectivity index (χ1v) is 7.75. The van der Waals surface area contributed by atoms with Crippen LogP contribution >= 0.6 is 0 Å². The molecule has 0 aliphatic rings. The maximum atomic E-state index is 12.4. The number of aryl methyl sites for hydroxylation is 2. The van der Waals surface area contributed by atoms with Crippen LogP contribution in [0.15, 0.2) is 11.2 Å². The molecular weight excluding hydrogens is 282 g/mol. The Kier molecular flexibility index (Phi) is 4.60. The van der Waals surface area contributed by atoms with Crippen molar-refractivity contribution >= 4 is 16.0 Å². The number of hydrogen-bond donors (Lipinski definition) is 1. The molecule has 1 aromatic rings. The molecule has 0 aliphatic heterocycles. The van der Waals surface area contributed by atoms with E-state index in [0.29, 0.717) is 12.4 Å². The molecule has 1 N–H and O–H groups in total. The van der Waals surface area contributed by atoms with Crippen LogP contribution in [-0.4, -0.2) is 45.9 Å². The number of sulfonamides is 1. The highest BCUT2D eigenvalue weighted by Gasteiger charge is 2.41. The lowest BCUT2D eigenvalue weighted by Crippen LogP contribution is -2.50. The van der Waals surface area contributed by atoms with E-state index in [1.165, 1.54) is 27.1 Å². The molecule has 0 aliphatic carbocycles. The SMILES string of the molecule is CCCn1cc(S(=O)(=O)N(C)C(C)(C)C(=O)O)nc1C. The van der Waals surface area contributed by atoms with Gasteiger partial charge in [-0.05, 0) is 27.2 Å². The van der Waals surface area contributed by atoms with Gasteiger partial charge >= 0.3 is 5.97 Å². The second-order valence-electron chi connectivity index (χ2n) is 5.16. The lowest BCUT2D eigenvalue weighted by molar-refractivity contribution is -0.145. The highest BCUT2D eigenvalue weighted by atomic mass is 32.2. The average molecular weight is 303 g/mol. The summed E-state index contributed by atoms with van der Waals surface area (Å²) >= 11 is 0. The Morgan fingerprint density at radius 2 is 2.05 bits per heavy atom. The van der Waals surface area contributed by atoms with Crippen molar-refractivity contribution in [2.75, 3.05) is 7.05 Å². The van der Waals surface area contributed by atoms with Crippen molar-refractivity contribution in [3.05, 3.63) is 12.0 Å². The van der Waals surface area contributed by atoms with Gasteiger partial charge in [0.05, 0.1) is 0 Å². The summed E-state index contributed by atoms with van der Waals surface area (Å²) in [6.45, 7) is 7.04. The molecule has 0 spiro atoms. The number of imidazole rings is 1. The van der Waals surface area contributed by atoms with Crippen LogP contribution in [0.1, 0.15) is 33.0 Å². The lowest BCUT2D eigenvalue weighted by atomic mass is 10.1. The third kappa shape index (κ3) is 2.85. The summed E-state index contributed by atoms with van der Waals surface area (Å²) in [7, 11) is -2.69. The molecule has 0 unspecified atom stereocenters. The molecule has 20 heavy (non-hydrogen) atoms. The molecule has 0 radical (unpaired) electrons. The van der Waals surface area contributed by atoms with E-state index in [4.69, 9.17) is 5.11 Å². The Hall–Kier alpha value is -1.41. The van der Waals surface area contributed by atoms with Gasteiger partial charge in [0.25, 0.3) is 10.0 Å². The topological polar surface area (TPSA) is 92.5 Å². The van der Waals surface area contributed by atoms with E-state index < -0.39 is 21.5 Å². The van der Waals surface area contributed by atoms with Gasteiger partial charge in [0.1, 0.15) is 11.4 Å². The smallest absolute Gasteiger partial charge is 0.324 e. The predicted molar refractivity (Wildman–Crippen MR) is 73.9 cm³/mol. The number of rotatable bonds is 6. The van der Waals surface area contributed by atoms with E-state index in [9.17, 15) is 13.2 Å². The molecule has 0 atom stereocenters. The zero-order valence-electron chi connectivity index (χ0n) is 12.4. The minimum atomic E-state index is -3.94. The van der Waals surface area contributed by atoms with Crippen LogP contribution in [-0.2, 0) is 21.4 Å². The maximum Gasteiger partial charge on any atom is 0.324 e. The zero-order valence-corrected chi connectivity index (χ0v) is 13.2. The number of carboxylic acid groups (broad SMARTS) is 1. The van der Waals surface area contributed by atoms with Gasteiger partial charge in [0.2, 0.25) is 0 Å². The normalized spacial score (nSPS) is 12.9. The summed E-state index contributed by atoms with van der Waals surface area (Å²) in [5, 5.41) is 9.01. The van der Waals surface area contributed by atoms with Gasteiger partial charge in [-0.3, -0.25) is 4.79 Å². The van der Waals surface area contributed by atoms with E-state index >= 15 is 0 Å². The number of likely N-dealkylation sites (N-methyl/N-ethyl adjacent to an activating group) is 1. The summed E-state index contributed by atoms with van der Waals surface area (Å²) in [5.74, 6) is -0.625. The predicted octanol–water partition coefficient (Wildman–Crippen LogP) is 1.09. The molecule has 0 bridgehead atoms. The summed E-state index contributed by atoms with van der Waals surface area (Å²) in [6, 6.07) is 0. The summed E-state index contributed by atoms with van der Waals surface area (Å²) in [5.41, 5.74) is -1.54. The number of aliphatic carboxylic acids is 1. The number of carbonyl (C=O) groups is 1. The molecule has 0 amide bonds. The molecule has 1 rings (SSSR count). The second-order valence-corrected chi connectivity index (χ2v) is 7.07. The van der Waals surface area contributed by atoms with E-state index in [0.717, 1.165) is 10.7 Å². The van der Waals surface area contributed by atoms with E-state index in [1.54, 1.807) is 11.5 Å². The van der Waals surface area contributed by atoms with Crippen LogP contribution < -0.4 is 0 Å². The lowest BCUT2D eigenvalue weighted by Gasteiger charge is -2.29. The monoisotopic (exact) mass is 303 g/mol. The fourth-order valence-electron chi connectivity index (χ4n) is 1.65. The van der Waals surface area contributed by atoms with Crippen LogP contribution in [0.25, 0.3) is 0 Å². The first-order valence-electron chi connectivity index (χ1n) is 6.31. The standard InChI is InChI=1S/C12H21N3O4S/c1-6-7-15-8-10(13-9(15)2)20(18,19)14(5)12(3,4)11(16)17/h8H,6-7H2,1-5H3,(H,16,17). The van der Waals surface area contributed by atoms with Crippen molar-refractivity contribution in [2.24, 2.45) is 0 Å². The van der Waals surface area contributed by atoms with Gasteiger partial charge in [0.15, 0.2) is 5.03 Å². The molecule has 1 heterocycles. The van der Waals surface area contributed by atoms with Crippen LogP contribution in [0.4, 0.5) is 0 Å². The third-order valence-electron chi connectivity index (χ3n) is 3.35. The highest BCUT2D eigenvalue weighted by molar-refractivity contribution is 7.89. The number of nitrogens with zero attached hydrogens (tertiary/aromatic N) is 3. The van der Waals surface area contributed by atoms with Crippen LogP contribution in [0.2, 0.25) is 0 Å². The van der Waals surface area contributed by atoms with Crippen molar-refractivity contribution in [1.82, 2.24) is 13.9 Å². The first-order chi connectivity index (χ1) is 9.05. The maximum absolute atomic E-state index is 12.4. The van der Waals surface area contributed by atoms with Crippen molar-refractivity contribution in [3.63, 3.8) is 0 Å². The highest BCUT2D eigenvalue weighted by Crippen LogP contribution is 2.22. The van der Waals surface area contributed by atoms with E-state index in [1.807, 2.05) is 6.92 Å². The average Bonchev–Trinajstić information content (AvgIpc) is 2.71. The Balaban J connectivity index is 3.24. The summed E-state index contributed by atoms with van der Waals surface area (Å²) in [6.07, 6.45) is 2.30. The van der Waals surface area contributed by atoms with Crippen molar-refractivity contribution in [2.45, 2.75) is 51.2 Å². The Morgan fingerprint density at radius 1 is 1.50 bits per heavy atom. The van der Waals surface area contributed by atoms with Gasteiger partial charge in [-0.1, -0.05) is 6.92 Å². The fraction of sp³-hybridized carbons (Fsp3) is 0.667. The quantitative estimate of drug-likeness (QED) is 0.849. The Bertz CT molecular complexity index is 604. The number of carboxylic acids is 1. The largest absolute Gasteiger partial charge is 0.480 e. The van der Waals surface area contributed by atoms with Gasteiger partial charge in [-0.2, -0.15) is 4.31 Å². The minimum Gasteiger partial charge on any atom is -0.480 e. The minimum absolute atomic E-state index is 0.125. The molecular formula is C12H21N3O4S. The molecule has 114 valence electrons. The van der Waals surface area contributed by atoms with E-state index in [-0.39, 0.29) is 5.03 Å². The number of hydrogen-bond acceptors (Lipinski definition) is 4. The molecule has 0 saturated carbocycles. The van der Waals surface area contributed by atoms with Crippen LogP contribution in [0.5, 0.6) is 0 Å². The Labute approximate surface area is 119 Å². The van der Waals surface area contributed by atoms with Crippen LogP contribution in [0.3, 0.4) is 0 Å². The van der Waals surface area contributed by atoms with E-state index in [2.05, 4.69) is 4.98 Å². The van der Waals surface area contributed by atoms with Gasteiger partial charge < -0.3 is 9.67 Å². The molecule has 8 heteroatoms. The second kappa shape index (κ2) is 5.53. The first kappa shape index (κ1) is 16.6. The summed E-state index contributed by atoms with van der Waals surface area (Å²) < 4.78 is 27.5. The van der Waals surface area contributed by atoms with Crippen LogP contribution in [0, 0.1) is 6.92 Å². The molecule has 0 saturated heterocycles. The number of aromatic nitrogens is 2. The van der Waals surface area contributed by atoms with Crippen molar-refractivity contribution in [1.29, 1.82) is 0 Å². The summed E-state index contributed by atoms with van der Waals surface area (Å²) in [4.78, 5) is 15.2. The van der Waals surface area contributed by atoms with Gasteiger partial charge in [-0.25, -0.2) is 13.4 Å². The molecule has 0 aromatic carbocycles. The zero-order chi connectivity index (χ0) is 15.7. The van der Waals surface area contributed by atoms with Gasteiger partial charge in [0, 0.05) is 19.8 Å². The molecule has 7 nitrogen and oxygen atoms in total. The van der Waals surface area contributed by atoms with Crippen molar-refractivity contribution in [3.8, 4) is 0 Å². The molecule has 0 fully saturated rings. The Morgan fingerprint density at radius 3 is 2.50 bits per heavy atom. The van der Waals surface area contributed by atoms with Gasteiger partial charge in [-0.15, -0.1) is 0 Å². The fourth-order valence-corrected chi connectivity index (χ4v) is 3.11. The molecule has 1 aromatic heterocycles.